The van der Waals surface area contributed by atoms with E-state index in [9.17, 15) is 5.11 Å². The van der Waals surface area contributed by atoms with Crippen LogP contribution in [0.15, 0.2) is 95.5 Å². The number of nitrogens with zero attached hydrogens (tertiary/aromatic N) is 3. The Labute approximate surface area is 223 Å². The van der Waals surface area contributed by atoms with Gasteiger partial charge in [-0.3, -0.25) is 0 Å². The molecule has 4 aromatic rings. The van der Waals surface area contributed by atoms with Gasteiger partial charge in [-0.25, -0.2) is 0 Å². The molecule has 0 spiro atoms. The van der Waals surface area contributed by atoms with Gasteiger partial charge in [0.15, 0.2) is 12.1 Å². The number of fused-ring (bicyclic) bond motifs is 3. The molecule has 0 radical (unpaired) electrons. The van der Waals surface area contributed by atoms with Crippen LogP contribution in [0.1, 0.15) is 35.7 Å². The molecule has 4 heterocycles. The molecule has 3 aliphatic heterocycles. The van der Waals surface area contributed by atoms with Gasteiger partial charge in [0.25, 0.3) is 5.89 Å². The normalized spacial score (nSPS) is 22.8. The first-order valence-corrected chi connectivity index (χ1v) is 12.8. The summed E-state index contributed by atoms with van der Waals surface area (Å²) in [7, 11) is 0. The van der Waals surface area contributed by atoms with Gasteiger partial charge in [-0.15, -0.1) is 12.4 Å². The second kappa shape index (κ2) is 10.7. The van der Waals surface area contributed by atoms with E-state index >= 15 is 0 Å². The largest absolute Gasteiger partial charge is 0.493 e. The standard InChI is InChI=1S/C30H32N3O3.ClH/c34-30(25-10-4-1-5-11-25,26-12-6-2-7-13-26)29-31-28(36-32-29)21-33-18-16-23(17-19-33)24(20-33)22-35-27-14-8-3-9-15-27;/h1-15,23-24,34H,16-22H2;1H/q+1;. The van der Waals surface area contributed by atoms with Gasteiger partial charge in [0.2, 0.25) is 5.82 Å². The van der Waals surface area contributed by atoms with E-state index in [0.717, 1.165) is 36.5 Å². The maximum atomic E-state index is 12.0. The smallest absolute Gasteiger partial charge is 0.282 e. The Bertz CT molecular complexity index is 1240. The molecule has 37 heavy (non-hydrogen) atoms. The average molecular weight is 519 g/mol. The van der Waals surface area contributed by atoms with Gasteiger partial charge in [0.05, 0.1) is 26.2 Å². The van der Waals surface area contributed by atoms with Gasteiger partial charge in [-0.1, -0.05) is 84.0 Å². The highest BCUT2D eigenvalue weighted by atomic mass is 35.5. The van der Waals surface area contributed by atoms with Gasteiger partial charge < -0.3 is 18.8 Å². The van der Waals surface area contributed by atoms with Crippen molar-refractivity contribution in [2.24, 2.45) is 11.8 Å². The summed E-state index contributed by atoms with van der Waals surface area (Å²) in [6.45, 7) is 4.71. The van der Waals surface area contributed by atoms with E-state index < -0.39 is 5.60 Å². The molecule has 1 atom stereocenters. The highest BCUT2D eigenvalue weighted by Crippen LogP contribution is 2.40. The summed E-state index contributed by atoms with van der Waals surface area (Å²) in [5.74, 6) is 3.03. The summed E-state index contributed by atoms with van der Waals surface area (Å²) in [6, 6.07) is 29.2. The zero-order chi connectivity index (χ0) is 24.4. The number of ether oxygens (including phenoxy) is 1. The maximum absolute atomic E-state index is 12.0. The summed E-state index contributed by atoms with van der Waals surface area (Å²) in [4.78, 5) is 4.78. The van der Waals surface area contributed by atoms with Crippen LogP contribution in [0.2, 0.25) is 0 Å². The number of benzene rings is 3. The first-order valence-electron chi connectivity index (χ1n) is 12.8. The van der Waals surface area contributed by atoms with Gasteiger partial charge in [-0.05, 0) is 29.2 Å². The molecule has 7 heteroatoms. The predicted octanol–water partition coefficient (Wildman–Crippen LogP) is 5.21. The topological polar surface area (TPSA) is 68.4 Å². The minimum absolute atomic E-state index is 0. The number of aromatic nitrogens is 2. The SMILES string of the molecule is Cl.OC(c1ccccc1)(c1ccccc1)c1noc(C[N+]23CCC(CC2)C(COc2ccccc2)C3)n1. The van der Waals surface area contributed by atoms with Crippen molar-refractivity contribution < 1.29 is 18.8 Å². The Balaban J connectivity index is 0.00000280. The number of hydrogen-bond acceptors (Lipinski definition) is 5. The summed E-state index contributed by atoms with van der Waals surface area (Å²) < 4.78 is 12.9. The lowest BCUT2D eigenvalue weighted by Gasteiger charge is -2.51. The minimum atomic E-state index is -1.48. The molecular weight excluding hydrogens is 486 g/mol. The number of aliphatic hydroxyl groups is 1. The molecule has 0 amide bonds. The number of rotatable bonds is 8. The molecule has 3 fully saturated rings. The molecule has 3 aliphatic rings. The number of piperidine rings is 3. The molecule has 192 valence electrons. The first-order chi connectivity index (χ1) is 17.6. The molecule has 1 N–H and O–H groups in total. The molecule has 1 aromatic heterocycles. The van der Waals surface area contributed by atoms with Crippen LogP contribution >= 0.6 is 12.4 Å². The van der Waals surface area contributed by atoms with Gasteiger partial charge in [0.1, 0.15) is 5.75 Å². The van der Waals surface area contributed by atoms with Crippen molar-refractivity contribution >= 4 is 12.4 Å². The molecule has 3 saturated heterocycles. The second-order valence-corrected chi connectivity index (χ2v) is 10.3. The lowest BCUT2D eigenvalue weighted by molar-refractivity contribution is -0.960. The molecule has 0 aliphatic carbocycles. The number of quaternary nitrogens is 1. The van der Waals surface area contributed by atoms with E-state index in [4.69, 9.17) is 14.2 Å². The number of halogens is 1. The van der Waals surface area contributed by atoms with Crippen LogP contribution in [0.25, 0.3) is 0 Å². The minimum Gasteiger partial charge on any atom is -0.493 e. The van der Waals surface area contributed by atoms with Crippen LogP contribution in [0.3, 0.4) is 0 Å². The zero-order valence-electron chi connectivity index (χ0n) is 20.8. The van der Waals surface area contributed by atoms with Crippen molar-refractivity contribution in [3.05, 3.63) is 114 Å². The van der Waals surface area contributed by atoms with Crippen LogP contribution in [0, 0.1) is 11.8 Å². The first kappa shape index (κ1) is 25.5. The Hall–Kier alpha value is -3.19. The lowest BCUT2D eigenvalue weighted by Crippen LogP contribution is -2.62. The number of hydrogen-bond donors (Lipinski definition) is 1. The molecule has 7 rings (SSSR count). The van der Waals surface area contributed by atoms with E-state index in [-0.39, 0.29) is 18.2 Å². The van der Waals surface area contributed by atoms with Crippen LogP contribution in [-0.2, 0) is 12.1 Å². The van der Waals surface area contributed by atoms with Gasteiger partial charge >= 0.3 is 0 Å². The predicted molar refractivity (Wildman–Crippen MR) is 143 cm³/mol. The number of para-hydroxylation sites is 1. The van der Waals surface area contributed by atoms with Crippen molar-refractivity contribution in [2.75, 3.05) is 26.2 Å². The molecule has 0 saturated carbocycles. The van der Waals surface area contributed by atoms with Crippen LogP contribution in [-0.4, -0.2) is 46.0 Å². The summed E-state index contributed by atoms with van der Waals surface area (Å²) in [6.07, 6.45) is 2.39. The lowest BCUT2D eigenvalue weighted by atomic mass is 9.77. The zero-order valence-corrected chi connectivity index (χ0v) is 21.6. The van der Waals surface area contributed by atoms with Crippen molar-refractivity contribution in [2.45, 2.75) is 25.0 Å². The molecule has 2 bridgehead atoms. The molecule has 3 aromatic carbocycles. The summed E-state index contributed by atoms with van der Waals surface area (Å²) in [5, 5.41) is 16.3. The quantitative estimate of drug-likeness (QED) is 0.324. The fourth-order valence-electron chi connectivity index (χ4n) is 6.10. The van der Waals surface area contributed by atoms with E-state index in [0.29, 0.717) is 35.4 Å². The molecular formula is C30H33ClN3O3+. The highest BCUT2D eigenvalue weighted by Gasteiger charge is 2.47. The Morgan fingerprint density at radius 1 is 0.865 bits per heavy atom. The van der Waals surface area contributed by atoms with Crippen LogP contribution < -0.4 is 4.74 Å². The highest BCUT2D eigenvalue weighted by molar-refractivity contribution is 5.85. The monoisotopic (exact) mass is 518 g/mol. The van der Waals surface area contributed by atoms with Gasteiger partial charge in [-0.2, -0.15) is 4.98 Å². The molecule has 1 unspecified atom stereocenters. The third-order valence-electron chi connectivity index (χ3n) is 8.09. The Morgan fingerprint density at radius 2 is 1.43 bits per heavy atom. The van der Waals surface area contributed by atoms with Crippen LogP contribution in [0.5, 0.6) is 5.75 Å². The van der Waals surface area contributed by atoms with E-state index in [1.807, 2.05) is 91.0 Å². The third-order valence-corrected chi connectivity index (χ3v) is 8.09. The van der Waals surface area contributed by atoms with Crippen LogP contribution in [0.4, 0.5) is 0 Å². The fraction of sp³-hybridized carbons (Fsp3) is 0.333. The summed E-state index contributed by atoms with van der Waals surface area (Å²) in [5.41, 5.74) is -0.0504. The van der Waals surface area contributed by atoms with Crippen molar-refractivity contribution in [3.63, 3.8) is 0 Å². The van der Waals surface area contributed by atoms with E-state index in [1.54, 1.807) is 0 Å². The van der Waals surface area contributed by atoms with E-state index in [2.05, 4.69) is 5.16 Å². The maximum Gasteiger partial charge on any atom is 0.282 e. The average Bonchev–Trinajstić information content (AvgIpc) is 3.42. The Kier molecular flexibility index (Phi) is 7.33. The van der Waals surface area contributed by atoms with Gasteiger partial charge in [0, 0.05) is 18.8 Å². The van der Waals surface area contributed by atoms with E-state index in [1.165, 1.54) is 12.8 Å². The third kappa shape index (κ3) is 5.01. The summed E-state index contributed by atoms with van der Waals surface area (Å²) >= 11 is 0. The second-order valence-electron chi connectivity index (χ2n) is 10.3. The molecule has 6 nitrogen and oxygen atoms in total. The Morgan fingerprint density at radius 3 is 2.03 bits per heavy atom. The fourth-order valence-corrected chi connectivity index (χ4v) is 6.10. The van der Waals surface area contributed by atoms with Crippen molar-refractivity contribution in [1.82, 2.24) is 10.1 Å². The van der Waals surface area contributed by atoms with Crippen molar-refractivity contribution in [1.29, 1.82) is 0 Å². The van der Waals surface area contributed by atoms with Crippen molar-refractivity contribution in [3.8, 4) is 5.75 Å².